The van der Waals surface area contributed by atoms with Gasteiger partial charge in [-0.1, -0.05) is 85.7 Å². The number of aliphatic hydroxyl groups excluding tert-OH is 1. The van der Waals surface area contributed by atoms with Gasteiger partial charge in [0.1, 0.15) is 43.2 Å². The summed E-state index contributed by atoms with van der Waals surface area (Å²) in [6, 6.07) is 23.5. The monoisotopic (exact) mass is 874 g/mol. The molecule has 4 aliphatic heterocycles. The van der Waals surface area contributed by atoms with E-state index >= 15 is 0 Å². The zero-order valence-corrected chi connectivity index (χ0v) is 34.9. The average molecular weight is 875 g/mol. The predicted molar refractivity (Wildman–Crippen MR) is 216 cm³/mol. The Bertz CT molecular complexity index is 2080. The molecule has 4 heterocycles. The molecule has 63 heavy (non-hydrogen) atoms. The summed E-state index contributed by atoms with van der Waals surface area (Å²) in [6.45, 7) is 4.31. The number of rotatable bonds is 16. The number of azide groups is 1. The second-order valence-electron chi connectivity index (χ2n) is 15.5. The highest BCUT2D eigenvalue weighted by Gasteiger charge is 2.58. The molecule has 4 saturated heterocycles. The zero-order chi connectivity index (χ0) is 44.6. The summed E-state index contributed by atoms with van der Waals surface area (Å²) in [6.07, 6.45) is -15.7. The van der Waals surface area contributed by atoms with Gasteiger partial charge in [0.2, 0.25) is 0 Å². The molecule has 7 rings (SSSR count). The second kappa shape index (κ2) is 20.8. The van der Waals surface area contributed by atoms with Gasteiger partial charge >= 0.3 is 18.0 Å². The maximum absolute atomic E-state index is 14.1. The number of alkyl carbamates (subject to hydrolysis) is 1. The van der Waals surface area contributed by atoms with Gasteiger partial charge in [-0.3, -0.25) is 4.79 Å². The lowest BCUT2D eigenvalue weighted by atomic mass is 9.88. The van der Waals surface area contributed by atoms with E-state index in [-0.39, 0.29) is 24.3 Å². The van der Waals surface area contributed by atoms with Crippen LogP contribution in [-0.2, 0) is 58.8 Å². The van der Waals surface area contributed by atoms with Crippen LogP contribution in [0.5, 0.6) is 0 Å². The van der Waals surface area contributed by atoms with Crippen LogP contribution < -0.4 is 5.32 Å². The maximum atomic E-state index is 14.1. The first kappa shape index (κ1) is 45.6. The van der Waals surface area contributed by atoms with Crippen LogP contribution in [0.1, 0.15) is 53.5 Å². The minimum absolute atomic E-state index is 0.0781. The number of ketones is 1. The number of amides is 1. The summed E-state index contributed by atoms with van der Waals surface area (Å²) >= 11 is 0. The van der Waals surface area contributed by atoms with Crippen molar-refractivity contribution in [1.82, 2.24) is 5.32 Å². The Morgan fingerprint density at radius 1 is 0.810 bits per heavy atom. The molecule has 19 heteroatoms. The number of nitrogens with one attached hydrogen (secondary N) is 1. The lowest BCUT2D eigenvalue weighted by Gasteiger charge is -2.50. The van der Waals surface area contributed by atoms with E-state index in [1.54, 1.807) is 74.5 Å². The second-order valence-corrected chi connectivity index (χ2v) is 15.5. The predicted octanol–water partition coefficient (Wildman–Crippen LogP) is 4.40. The van der Waals surface area contributed by atoms with Crippen LogP contribution in [-0.4, -0.2) is 129 Å². The van der Waals surface area contributed by atoms with Crippen LogP contribution in [0.4, 0.5) is 4.79 Å². The van der Waals surface area contributed by atoms with Crippen molar-refractivity contribution in [3.05, 3.63) is 118 Å². The van der Waals surface area contributed by atoms with Gasteiger partial charge in [-0.05, 0) is 54.6 Å². The molecule has 0 saturated carbocycles. The molecule has 3 aromatic carbocycles. The quantitative estimate of drug-likeness (QED) is 0.0667. The molecule has 2 N–H and O–H groups in total. The van der Waals surface area contributed by atoms with E-state index in [9.17, 15) is 29.8 Å². The van der Waals surface area contributed by atoms with E-state index in [0.717, 1.165) is 0 Å². The molecular formula is C44H50N4O15. The minimum atomic E-state index is -1.62. The first-order valence-corrected chi connectivity index (χ1v) is 20.6. The number of nitrogens with zero attached hydrogens (tertiary/aromatic N) is 3. The largest absolute Gasteiger partial charge is 0.459 e. The number of hydrogen-bond donors (Lipinski definition) is 2. The molecule has 0 spiro atoms. The molecule has 3 aromatic rings. The van der Waals surface area contributed by atoms with Gasteiger partial charge in [0, 0.05) is 12.0 Å². The third kappa shape index (κ3) is 10.3. The van der Waals surface area contributed by atoms with Crippen molar-refractivity contribution in [3.63, 3.8) is 0 Å². The zero-order valence-electron chi connectivity index (χ0n) is 34.9. The van der Waals surface area contributed by atoms with Gasteiger partial charge in [0.15, 0.2) is 36.9 Å². The Hall–Kier alpha value is -5.47. The fraction of sp³-hybridized carbons (Fsp3) is 0.500. The third-order valence-electron chi connectivity index (χ3n) is 11.4. The molecule has 336 valence electrons. The van der Waals surface area contributed by atoms with Gasteiger partial charge in [-0.2, -0.15) is 0 Å². The number of ether oxygens (including phenoxy) is 10. The Balaban J connectivity index is 1.28. The molecular weight excluding hydrogens is 824 g/mol. The van der Waals surface area contributed by atoms with E-state index in [1.165, 1.54) is 14.0 Å². The van der Waals surface area contributed by atoms with Crippen molar-refractivity contribution < 1.29 is 71.7 Å². The van der Waals surface area contributed by atoms with Crippen LogP contribution in [0, 0.1) is 5.92 Å². The molecule has 15 atom stereocenters. The lowest BCUT2D eigenvalue weighted by molar-refractivity contribution is -0.357. The Morgan fingerprint density at radius 3 is 2.05 bits per heavy atom. The fourth-order valence-electron chi connectivity index (χ4n) is 8.20. The van der Waals surface area contributed by atoms with Crippen molar-refractivity contribution in [3.8, 4) is 0 Å². The molecule has 0 bridgehead atoms. The number of hydrogen-bond acceptors (Lipinski definition) is 16. The van der Waals surface area contributed by atoms with E-state index in [1.807, 2.05) is 30.3 Å². The summed E-state index contributed by atoms with van der Waals surface area (Å²) in [5.74, 6) is -2.74. The first-order valence-electron chi connectivity index (χ1n) is 20.6. The Kier molecular flexibility index (Phi) is 15.0. The topological polar surface area (TPSA) is 242 Å². The number of Topliss-reactive ketones (excluding diaryl/α,β-unsaturated/α-hetero) is 1. The van der Waals surface area contributed by atoms with Crippen molar-refractivity contribution in [2.75, 3.05) is 13.7 Å². The van der Waals surface area contributed by atoms with Crippen molar-refractivity contribution in [2.24, 2.45) is 11.0 Å². The number of aliphatic hydroxyl groups is 1. The minimum Gasteiger partial charge on any atom is -0.459 e. The summed E-state index contributed by atoms with van der Waals surface area (Å²) in [4.78, 5) is 56.6. The van der Waals surface area contributed by atoms with E-state index in [4.69, 9.17) is 47.4 Å². The highest BCUT2D eigenvalue weighted by Crippen LogP contribution is 2.39. The summed E-state index contributed by atoms with van der Waals surface area (Å²) in [5.41, 5.74) is 10.7. The lowest BCUT2D eigenvalue weighted by Crippen LogP contribution is -2.67. The maximum Gasteiger partial charge on any atom is 0.408 e. The van der Waals surface area contributed by atoms with Crippen LogP contribution in [0.3, 0.4) is 0 Å². The normalized spacial score (nSPS) is 33.7. The van der Waals surface area contributed by atoms with E-state index < -0.39 is 116 Å². The molecule has 6 unspecified atom stereocenters. The number of carbonyl (C=O) groups excluding carboxylic acids is 4. The molecule has 0 aromatic heterocycles. The summed E-state index contributed by atoms with van der Waals surface area (Å²) < 4.78 is 62.0. The van der Waals surface area contributed by atoms with Gasteiger partial charge in [0.25, 0.3) is 0 Å². The number of carbonyl (C=O) groups is 4. The Labute approximate surface area is 362 Å². The highest BCUT2D eigenvalue weighted by molar-refractivity contribution is 5.90. The van der Waals surface area contributed by atoms with Crippen molar-refractivity contribution >= 4 is 23.8 Å². The molecule has 4 aliphatic rings. The Morgan fingerprint density at radius 2 is 1.43 bits per heavy atom. The van der Waals surface area contributed by atoms with Crippen LogP contribution >= 0.6 is 0 Å². The van der Waals surface area contributed by atoms with E-state index in [0.29, 0.717) is 12.0 Å². The third-order valence-corrected chi connectivity index (χ3v) is 11.4. The van der Waals surface area contributed by atoms with Crippen LogP contribution in [0.2, 0.25) is 0 Å². The molecule has 4 fully saturated rings. The van der Waals surface area contributed by atoms with E-state index in [2.05, 4.69) is 15.3 Å². The summed E-state index contributed by atoms with van der Waals surface area (Å²) in [7, 11) is 1.37. The first-order chi connectivity index (χ1) is 30.5. The van der Waals surface area contributed by atoms with Crippen LogP contribution in [0.15, 0.2) is 96.1 Å². The summed E-state index contributed by atoms with van der Waals surface area (Å²) in [5, 5.41) is 17.6. The number of fused-ring (bicyclic) bond motifs is 1. The standard InChI is InChI=1S/C44H50N4O15/c1-5-28-32(50)35-31(46-44(53)63-35)42(57-28)62-37-34(24(3)49)61-43(38(59-40(52)27-19-13-8-14-20-27)36(37)55-21-25-15-9-6-10-16-25)60-33-23(2)30(47-48-45)41(54-4)58-29(33)22-56-39(51)26-17-11-7-12-18-26/h6-20,23,28-38,41-43,50H,5,21-22H2,1-4H3,(H,46,53)/t23-,28?,29?,30?,31?,32-,33+,34?,35-,36-,37-,38?,41+,42-,43-/m1/s1. The van der Waals surface area contributed by atoms with Gasteiger partial charge in [-0.25, -0.2) is 14.4 Å². The molecule has 0 aliphatic carbocycles. The van der Waals surface area contributed by atoms with Gasteiger partial charge in [-0.15, -0.1) is 0 Å². The smallest absolute Gasteiger partial charge is 0.408 e. The number of benzene rings is 3. The molecule has 19 nitrogen and oxygen atoms in total. The molecule has 1 amide bonds. The SMILES string of the molecule is CCC1O[C@H](O[C@@H]2C(C(C)=O)O[C@@H](O[C@@H]3C(COC(=O)c4ccccc4)O[C@H](OC)C(N=[N+]=[N-])[C@H]3C)C(OC(=O)c3ccccc3)[C@@H]2OCc2ccccc2)C2NC(=O)O[C@H]2[C@@H]1O. The van der Waals surface area contributed by atoms with Gasteiger partial charge in [0.05, 0.1) is 36.0 Å². The van der Waals surface area contributed by atoms with Crippen LogP contribution in [0.25, 0.3) is 10.4 Å². The van der Waals surface area contributed by atoms with Gasteiger partial charge < -0.3 is 57.8 Å². The van der Waals surface area contributed by atoms with Crippen molar-refractivity contribution in [2.45, 2.75) is 120 Å². The molecule has 0 radical (unpaired) electrons. The fourth-order valence-corrected chi connectivity index (χ4v) is 8.20. The average Bonchev–Trinajstić information content (AvgIpc) is 3.71. The van der Waals surface area contributed by atoms with Crippen molar-refractivity contribution in [1.29, 1.82) is 0 Å². The number of esters is 2. The number of methoxy groups -OCH3 is 1. The highest BCUT2D eigenvalue weighted by atomic mass is 16.8.